The Kier molecular flexibility index (Phi) is 14.1. The van der Waals surface area contributed by atoms with E-state index < -0.39 is 5.97 Å². The molecule has 4 aromatic rings. The van der Waals surface area contributed by atoms with Gasteiger partial charge in [0, 0.05) is 43.8 Å². The van der Waals surface area contributed by atoms with Gasteiger partial charge in [-0.15, -0.1) is 0 Å². The van der Waals surface area contributed by atoms with Crippen LogP contribution in [0.25, 0.3) is 22.3 Å². The molecule has 1 aliphatic heterocycles. The standard InChI is InChI=1S/C23H25NO3.C16H26O3/c1-2-3-4-16-7-10-21-19(11-16)12-22(27-21)18-8-5-17(6-9-18)13-24-14-20(15-24)23(25)26;1-4-7-8-14-9-11-15(12-10-14)19-13-16(17-5-2)18-6-3/h5-12,20H,2-4,13-15H2,1H3,(H,25,26);9-12,16H,4-8,13H2,1-3H3. The van der Waals surface area contributed by atoms with Gasteiger partial charge < -0.3 is 23.7 Å². The topological polar surface area (TPSA) is 81.4 Å². The number of hydrogen-bond acceptors (Lipinski definition) is 6. The summed E-state index contributed by atoms with van der Waals surface area (Å²) in [5, 5.41) is 10.1. The van der Waals surface area contributed by atoms with Crippen molar-refractivity contribution >= 4 is 16.9 Å². The molecule has 1 saturated heterocycles. The Morgan fingerprint density at radius 3 is 2.04 bits per heavy atom. The first-order chi connectivity index (χ1) is 22.4. The van der Waals surface area contributed by atoms with E-state index in [4.69, 9.17) is 23.7 Å². The van der Waals surface area contributed by atoms with Gasteiger partial charge in [0.05, 0.1) is 5.92 Å². The summed E-state index contributed by atoms with van der Waals surface area (Å²) in [6.07, 6.45) is 6.84. The van der Waals surface area contributed by atoms with Crippen molar-refractivity contribution in [1.29, 1.82) is 0 Å². The van der Waals surface area contributed by atoms with Crippen LogP contribution in [0.3, 0.4) is 0 Å². The lowest BCUT2D eigenvalue weighted by Crippen LogP contribution is -2.49. The van der Waals surface area contributed by atoms with Gasteiger partial charge >= 0.3 is 5.97 Å². The van der Waals surface area contributed by atoms with Crippen LogP contribution < -0.4 is 4.74 Å². The highest BCUT2D eigenvalue weighted by Gasteiger charge is 2.32. The van der Waals surface area contributed by atoms with E-state index in [1.807, 2.05) is 26.0 Å². The maximum Gasteiger partial charge on any atom is 0.309 e. The van der Waals surface area contributed by atoms with Gasteiger partial charge in [0.15, 0.2) is 6.29 Å². The Morgan fingerprint density at radius 1 is 0.826 bits per heavy atom. The molecule has 3 aromatic carbocycles. The SMILES string of the molecule is CCCCc1ccc(OCC(OCC)OCC)cc1.CCCCc1ccc2oc(-c3ccc(CN4CC(C(=O)O)C4)cc3)cc2c1. The maximum atomic E-state index is 10.9. The fraction of sp³-hybridized carbons (Fsp3) is 0.462. The van der Waals surface area contributed by atoms with E-state index in [2.05, 4.69) is 79.4 Å². The van der Waals surface area contributed by atoms with E-state index in [0.717, 1.165) is 47.4 Å². The summed E-state index contributed by atoms with van der Waals surface area (Å²) >= 11 is 0. The van der Waals surface area contributed by atoms with Gasteiger partial charge in [-0.1, -0.05) is 69.2 Å². The minimum absolute atomic E-state index is 0.206. The van der Waals surface area contributed by atoms with Gasteiger partial charge in [0.2, 0.25) is 0 Å². The molecule has 0 amide bonds. The van der Waals surface area contributed by atoms with Gasteiger partial charge in [-0.3, -0.25) is 9.69 Å². The lowest BCUT2D eigenvalue weighted by Gasteiger charge is -2.36. The number of carboxylic acid groups (broad SMARTS) is 1. The normalized spacial score (nSPS) is 13.4. The molecule has 0 saturated carbocycles. The predicted molar refractivity (Wildman–Crippen MR) is 184 cm³/mol. The molecule has 1 N–H and O–H groups in total. The van der Waals surface area contributed by atoms with Crippen LogP contribution in [-0.4, -0.2) is 55.2 Å². The molecule has 46 heavy (non-hydrogen) atoms. The molecule has 0 unspecified atom stereocenters. The molecule has 0 spiro atoms. The van der Waals surface area contributed by atoms with Crippen LogP contribution in [0.1, 0.15) is 70.1 Å². The number of carbonyl (C=O) groups is 1. The fourth-order valence-electron chi connectivity index (χ4n) is 5.47. The quantitative estimate of drug-likeness (QED) is 0.117. The Bertz CT molecular complexity index is 1450. The largest absolute Gasteiger partial charge is 0.488 e. The lowest BCUT2D eigenvalue weighted by molar-refractivity contribution is -0.152. The van der Waals surface area contributed by atoms with E-state index in [-0.39, 0.29) is 12.2 Å². The molecular formula is C39H51NO6. The second kappa shape index (κ2) is 18.5. The summed E-state index contributed by atoms with van der Waals surface area (Å²) in [6.45, 7) is 12.1. The third-order valence-corrected chi connectivity index (χ3v) is 8.18. The summed E-state index contributed by atoms with van der Waals surface area (Å²) in [5.41, 5.74) is 5.91. The van der Waals surface area contributed by atoms with Crippen LogP contribution >= 0.6 is 0 Å². The first-order valence-corrected chi connectivity index (χ1v) is 16.9. The van der Waals surface area contributed by atoms with E-state index in [1.165, 1.54) is 42.4 Å². The smallest absolute Gasteiger partial charge is 0.309 e. The molecule has 1 aliphatic rings. The molecule has 0 atom stereocenters. The monoisotopic (exact) mass is 629 g/mol. The van der Waals surface area contributed by atoms with Crippen molar-refractivity contribution in [3.63, 3.8) is 0 Å². The highest BCUT2D eigenvalue weighted by Crippen LogP contribution is 2.29. The van der Waals surface area contributed by atoms with Crippen LogP contribution in [0.15, 0.2) is 77.2 Å². The summed E-state index contributed by atoms with van der Waals surface area (Å²) in [7, 11) is 0. The molecule has 248 valence electrons. The number of benzene rings is 3. The van der Waals surface area contributed by atoms with Crippen molar-refractivity contribution in [2.75, 3.05) is 32.9 Å². The van der Waals surface area contributed by atoms with Crippen LogP contribution in [0.2, 0.25) is 0 Å². The second-order valence-corrected chi connectivity index (χ2v) is 11.9. The van der Waals surface area contributed by atoms with Crippen molar-refractivity contribution < 1.29 is 28.5 Å². The third-order valence-electron chi connectivity index (χ3n) is 8.18. The van der Waals surface area contributed by atoms with Crippen LogP contribution in [-0.2, 0) is 33.7 Å². The number of furan rings is 1. The van der Waals surface area contributed by atoms with Crippen molar-refractivity contribution in [2.24, 2.45) is 5.92 Å². The average molecular weight is 630 g/mol. The molecule has 0 aliphatic carbocycles. The maximum absolute atomic E-state index is 10.9. The first kappa shape index (κ1) is 35.2. The van der Waals surface area contributed by atoms with Crippen molar-refractivity contribution in [2.45, 2.75) is 79.1 Å². The zero-order chi connectivity index (χ0) is 32.7. The molecule has 1 fully saturated rings. The van der Waals surface area contributed by atoms with E-state index in [1.54, 1.807) is 0 Å². The number of unbranched alkanes of at least 4 members (excludes halogenated alkanes) is 2. The summed E-state index contributed by atoms with van der Waals surface area (Å²) < 4.78 is 22.6. The van der Waals surface area contributed by atoms with Gasteiger partial charge in [-0.2, -0.15) is 0 Å². The highest BCUT2D eigenvalue weighted by molar-refractivity contribution is 5.83. The summed E-state index contributed by atoms with van der Waals surface area (Å²) in [5.74, 6) is 0.857. The number of aliphatic carboxylic acids is 1. The van der Waals surface area contributed by atoms with Crippen LogP contribution in [0.4, 0.5) is 0 Å². The van der Waals surface area contributed by atoms with Gasteiger partial charge in [0.1, 0.15) is 23.7 Å². The van der Waals surface area contributed by atoms with Crippen LogP contribution in [0.5, 0.6) is 5.75 Å². The highest BCUT2D eigenvalue weighted by atomic mass is 16.7. The molecule has 0 radical (unpaired) electrons. The third kappa shape index (κ3) is 10.7. The molecule has 2 heterocycles. The first-order valence-electron chi connectivity index (χ1n) is 16.9. The van der Waals surface area contributed by atoms with E-state index >= 15 is 0 Å². The number of aryl methyl sites for hydroxylation is 2. The average Bonchev–Trinajstić information content (AvgIpc) is 3.48. The minimum atomic E-state index is -0.690. The Hall–Kier alpha value is -3.65. The van der Waals surface area contributed by atoms with E-state index in [0.29, 0.717) is 32.9 Å². The molecule has 7 heteroatoms. The number of carboxylic acids is 1. The second-order valence-electron chi connectivity index (χ2n) is 11.9. The molecular weight excluding hydrogens is 578 g/mol. The van der Waals surface area contributed by atoms with Crippen molar-refractivity contribution in [3.8, 4) is 17.1 Å². The molecule has 1 aromatic heterocycles. The van der Waals surface area contributed by atoms with Crippen LogP contribution in [0, 0.1) is 5.92 Å². The number of ether oxygens (including phenoxy) is 3. The molecule has 0 bridgehead atoms. The number of nitrogens with zero attached hydrogens (tertiary/aromatic N) is 1. The van der Waals surface area contributed by atoms with Gasteiger partial charge in [0.25, 0.3) is 0 Å². The number of rotatable bonds is 17. The lowest BCUT2D eigenvalue weighted by atomic mass is 9.99. The fourth-order valence-corrected chi connectivity index (χ4v) is 5.47. The molecule has 5 rings (SSSR count). The van der Waals surface area contributed by atoms with Crippen molar-refractivity contribution in [3.05, 3.63) is 89.5 Å². The predicted octanol–water partition coefficient (Wildman–Crippen LogP) is 8.77. The Labute approximate surface area is 274 Å². The number of likely N-dealkylation sites (tertiary alicyclic amines) is 1. The zero-order valence-electron chi connectivity index (χ0n) is 28.0. The summed E-state index contributed by atoms with van der Waals surface area (Å²) in [6, 6.07) is 25.2. The number of hydrogen-bond donors (Lipinski definition) is 1. The van der Waals surface area contributed by atoms with Crippen molar-refractivity contribution in [1.82, 2.24) is 4.90 Å². The summed E-state index contributed by atoms with van der Waals surface area (Å²) in [4.78, 5) is 13.1. The minimum Gasteiger partial charge on any atom is -0.488 e. The van der Waals surface area contributed by atoms with Gasteiger partial charge in [-0.25, -0.2) is 0 Å². The Morgan fingerprint density at radius 2 is 1.43 bits per heavy atom. The molecule has 7 nitrogen and oxygen atoms in total. The number of fused-ring (bicyclic) bond motifs is 1. The van der Waals surface area contributed by atoms with Gasteiger partial charge in [-0.05, 0) is 86.6 Å². The van der Waals surface area contributed by atoms with E-state index in [9.17, 15) is 4.79 Å². The Balaban J connectivity index is 0.000000224. The zero-order valence-corrected chi connectivity index (χ0v) is 28.0.